The van der Waals surface area contributed by atoms with E-state index in [4.69, 9.17) is 0 Å². The smallest absolute Gasteiger partial charge is 0.00444 e. The molecule has 0 aromatic rings. The fraction of sp³-hybridized carbons (Fsp3) is 1.00. The molecule has 2 unspecified atom stereocenters. The maximum atomic E-state index is 3.59. The van der Waals surface area contributed by atoms with Crippen LogP contribution in [0.4, 0.5) is 0 Å². The molecule has 0 aromatic heterocycles. The minimum atomic E-state index is 0.427. The van der Waals surface area contributed by atoms with Gasteiger partial charge in [-0.3, -0.25) is 0 Å². The molecule has 2 nitrogen and oxygen atoms in total. The van der Waals surface area contributed by atoms with Gasteiger partial charge in [0.15, 0.2) is 0 Å². The van der Waals surface area contributed by atoms with Crippen LogP contribution in [0.25, 0.3) is 0 Å². The lowest BCUT2D eigenvalue weighted by molar-refractivity contribution is 0.288. The van der Waals surface area contributed by atoms with Gasteiger partial charge in [0.25, 0.3) is 0 Å². The molecule has 2 N–H and O–H groups in total. The number of hydrogen-bond donors (Lipinski definition) is 2. The molecule has 0 aliphatic carbocycles. The Hall–Kier alpha value is -0.0800. The Morgan fingerprint density at radius 1 is 1.15 bits per heavy atom. The van der Waals surface area contributed by atoms with E-state index in [0.717, 1.165) is 25.6 Å². The Bertz CT molecular complexity index is 154. The summed E-state index contributed by atoms with van der Waals surface area (Å²) in [5, 5.41) is 7.14. The Balaban J connectivity index is 2.50. The van der Waals surface area contributed by atoms with Crippen LogP contribution in [0.5, 0.6) is 0 Å². The topological polar surface area (TPSA) is 24.1 Å². The Labute approximate surface area is 82.5 Å². The minimum absolute atomic E-state index is 0.427. The molecular weight excluding hydrogens is 160 g/mol. The summed E-state index contributed by atoms with van der Waals surface area (Å²) in [5.41, 5.74) is 0.427. The molecule has 1 heterocycles. The minimum Gasteiger partial charge on any atom is -0.316 e. The van der Waals surface area contributed by atoms with Crippen molar-refractivity contribution in [2.75, 3.05) is 19.6 Å². The highest BCUT2D eigenvalue weighted by Crippen LogP contribution is 2.22. The Morgan fingerprint density at radius 3 is 2.54 bits per heavy atom. The monoisotopic (exact) mass is 184 g/mol. The second kappa shape index (κ2) is 4.43. The molecule has 1 aliphatic rings. The van der Waals surface area contributed by atoms with Crippen molar-refractivity contribution in [1.82, 2.24) is 10.6 Å². The molecule has 0 aromatic carbocycles. The second-order valence-electron chi connectivity index (χ2n) is 5.41. The summed E-state index contributed by atoms with van der Waals surface area (Å²) in [6, 6.07) is 0.650. The zero-order valence-corrected chi connectivity index (χ0v) is 9.48. The summed E-state index contributed by atoms with van der Waals surface area (Å²) in [6.07, 6.45) is 1.26. The zero-order chi connectivity index (χ0) is 9.90. The highest BCUT2D eigenvalue weighted by molar-refractivity contribution is 4.80. The maximum Gasteiger partial charge on any atom is 0.00444 e. The quantitative estimate of drug-likeness (QED) is 0.598. The molecule has 13 heavy (non-hydrogen) atoms. The predicted molar refractivity (Wildman–Crippen MR) is 57.9 cm³/mol. The first kappa shape index (κ1) is 11.0. The number of hydrogen-bond acceptors (Lipinski definition) is 2. The van der Waals surface area contributed by atoms with Crippen LogP contribution in [-0.4, -0.2) is 25.7 Å². The molecular formula is C11H24N2. The summed E-state index contributed by atoms with van der Waals surface area (Å²) in [4.78, 5) is 0. The molecule has 1 fully saturated rings. The summed E-state index contributed by atoms with van der Waals surface area (Å²) in [7, 11) is 0. The molecule has 0 radical (unpaired) electrons. The predicted octanol–water partition coefficient (Wildman–Crippen LogP) is 1.62. The standard InChI is InChI=1S/C11H24N2/c1-9-6-12-8-11(3,4)5-10(2)13-7-9/h9-10,12-13H,5-8H2,1-4H3. The molecule has 2 heteroatoms. The van der Waals surface area contributed by atoms with Crippen LogP contribution < -0.4 is 10.6 Å². The molecule has 1 aliphatic heterocycles. The van der Waals surface area contributed by atoms with Gasteiger partial charge in [0.05, 0.1) is 0 Å². The van der Waals surface area contributed by atoms with E-state index >= 15 is 0 Å². The van der Waals surface area contributed by atoms with E-state index in [0.29, 0.717) is 11.5 Å². The van der Waals surface area contributed by atoms with Crippen molar-refractivity contribution in [3.8, 4) is 0 Å². The first-order valence-corrected chi connectivity index (χ1v) is 5.44. The molecule has 78 valence electrons. The lowest BCUT2D eigenvalue weighted by atomic mass is 9.86. The summed E-state index contributed by atoms with van der Waals surface area (Å²) < 4.78 is 0. The van der Waals surface area contributed by atoms with Gasteiger partial charge in [0.1, 0.15) is 0 Å². The average molecular weight is 184 g/mol. The Kier molecular flexibility index (Phi) is 3.74. The molecule has 0 amide bonds. The maximum absolute atomic E-state index is 3.59. The van der Waals surface area contributed by atoms with Gasteiger partial charge in [-0.2, -0.15) is 0 Å². The van der Waals surface area contributed by atoms with Gasteiger partial charge in [-0.25, -0.2) is 0 Å². The molecule has 0 spiro atoms. The fourth-order valence-electron chi connectivity index (χ4n) is 2.10. The lowest BCUT2D eigenvalue weighted by Crippen LogP contribution is -2.34. The van der Waals surface area contributed by atoms with Crippen LogP contribution in [0.3, 0.4) is 0 Å². The SMILES string of the molecule is CC1CNCC(C)(C)CC(C)NC1. The van der Waals surface area contributed by atoms with Crippen LogP contribution in [0.1, 0.15) is 34.1 Å². The van der Waals surface area contributed by atoms with Crippen molar-refractivity contribution in [1.29, 1.82) is 0 Å². The van der Waals surface area contributed by atoms with E-state index in [1.54, 1.807) is 0 Å². The zero-order valence-electron chi connectivity index (χ0n) is 9.48. The normalized spacial score (nSPS) is 36.0. The van der Waals surface area contributed by atoms with E-state index in [2.05, 4.69) is 38.3 Å². The number of nitrogens with one attached hydrogen (secondary N) is 2. The summed E-state index contributed by atoms with van der Waals surface area (Å²) in [6.45, 7) is 12.7. The van der Waals surface area contributed by atoms with Crippen LogP contribution in [0.2, 0.25) is 0 Å². The van der Waals surface area contributed by atoms with Crippen molar-refractivity contribution < 1.29 is 0 Å². The highest BCUT2D eigenvalue weighted by atomic mass is 15.0. The van der Waals surface area contributed by atoms with Crippen molar-refractivity contribution in [3.05, 3.63) is 0 Å². The summed E-state index contributed by atoms with van der Waals surface area (Å²) >= 11 is 0. The second-order valence-corrected chi connectivity index (χ2v) is 5.41. The summed E-state index contributed by atoms with van der Waals surface area (Å²) in [5.74, 6) is 0.747. The first-order chi connectivity index (χ1) is 5.99. The highest BCUT2D eigenvalue weighted by Gasteiger charge is 2.22. The Morgan fingerprint density at radius 2 is 1.85 bits per heavy atom. The number of rotatable bonds is 0. The van der Waals surface area contributed by atoms with E-state index < -0.39 is 0 Å². The third-order valence-electron chi connectivity index (χ3n) is 2.77. The molecule has 1 saturated heterocycles. The van der Waals surface area contributed by atoms with E-state index in [-0.39, 0.29) is 0 Å². The van der Waals surface area contributed by atoms with Crippen molar-refractivity contribution in [2.45, 2.75) is 40.2 Å². The van der Waals surface area contributed by atoms with E-state index in [1.165, 1.54) is 6.42 Å². The molecule has 2 atom stereocenters. The van der Waals surface area contributed by atoms with Crippen LogP contribution >= 0.6 is 0 Å². The average Bonchev–Trinajstić information content (AvgIpc) is 2.02. The third kappa shape index (κ3) is 4.10. The third-order valence-corrected chi connectivity index (χ3v) is 2.77. The molecule has 1 rings (SSSR count). The van der Waals surface area contributed by atoms with Crippen LogP contribution in [-0.2, 0) is 0 Å². The van der Waals surface area contributed by atoms with Gasteiger partial charge >= 0.3 is 0 Å². The van der Waals surface area contributed by atoms with E-state index in [9.17, 15) is 0 Å². The van der Waals surface area contributed by atoms with Crippen LogP contribution in [0.15, 0.2) is 0 Å². The van der Waals surface area contributed by atoms with Gasteiger partial charge < -0.3 is 10.6 Å². The van der Waals surface area contributed by atoms with Gasteiger partial charge in [-0.15, -0.1) is 0 Å². The molecule has 0 saturated carbocycles. The van der Waals surface area contributed by atoms with E-state index in [1.807, 2.05) is 0 Å². The van der Waals surface area contributed by atoms with Crippen molar-refractivity contribution in [3.63, 3.8) is 0 Å². The van der Waals surface area contributed by atoms with Crippen molar-refractivity contribution in [2.24, 2.45) is 11.3 Å². The van der Waals surface area contributed by atoms with Gasteiger partial charge in [0, 0.05) is 12.6 Å². The van der Waals surface area contributed by atoms with Crippen LogP contribution in [0, 0.1) is 11.3 Å². The first-order valence-electron chi connectivity index (χ1n) is 5.44. The fourth-order valence-corrected chi connectivity index (χ4v) is 2.10. The van der Waals surface area contributed by atoms with Gasteiger partial charge in [-0.05, 0) is 37.8 Å². The van der Waals surface area contributed by atoms with Crippen molar-refractivity contribution >= 4 is 0 Å². The molecule has 0 bridgehead atoms. The largest absolute Gasteiger partial charge is 0.316 e. The van der Waals surface area contributed by atoms with Gasteiger partial charge in [0.2, 0.25) is 0 Å². The van der Waals surface area contributed by atoms with Gasteiger partial charge in [-0.1, -0.05) is 20.8 Å². The lowest BCUT2D eigenvalue weighted by Gasteiger charge is -2.27.